The topological polar surface area (TPSA) is 47.6 Å². The van der Waals surface area contributed by atoms with Gasteiger partial charge in [-0.15, -0.1) is 0 Å². The number of aryl methyl sites for hydroxylation is 2. The highest BCUT2D eigenvalue weighted by atomic mass is 16.5. The lowest BCUT2D eigenvalue weighted by molar-refractivity contribution is -0.128. The molecule has 0 aromatic heterocycles. The van der Waals surface area contributed by atoms with Crippen LogP contribution in [0.4, 0.5) is 0 Å². The van der Waals surface area contributed by atoms with Crippen LogP contribution in [0.1, 0.15) is 42.9 Å². The van der Waals surface area contributed by atoms with E-state index in [1.165, 1.54) is 11.1 Å². The molecule has 1 aliphatic rings. The number of benzene rings is 2. The number of carbonyl (C=O) groups is 1. The number of hydrogen-bond donors (Lipinski definition) is 1. The monoisotopic (exact) mass is 381 g/mol. The zero-order chi connectivity index (χ0) is 20.0. The van der Waals surface area contributed by atoms with Crippen LogP contribution in [0.3, 0.4) is 0 Å². The van der Waals surface area contributed by atoms with Crippen LogP contribution in [0, 0.1) is 13.8 Å². The van der Waals surface area contributed by atoms with Crippen molar-refractivity contribution in [1.82, 2.24) is 5.32 Å². The van der Waals surface area contributed by atoms with Gasteiger partial charge in [-0.25, -0.2) is 0 Å². The first-order valence-electron chi connectivity index (χ1n) is 10.2. The molecule has 0 bridgehead atoms. The maximum Gasteiger partial charge on any atom is 0.261 e. The predicted octanol–water partition coefficient (Wildman–Crippen LogP) is 4.33. The van der Waals surface area contributed by atoms with Crippen molar-refractivity contribution < 1.29 is 14.3 Å². The fourth-order valence-corrected chi connectivity index (χ4v) is 3.90. The molecule has 28 heavy (non-hydrogen) atoms. The van der Waals surface area contributed by atoms with Gasteiger partial charge in [-0.05, 0) is 50.3 Å². The average Bonchev–Trinajstić information content (AvgIpc) is 2.73. The Balaban J connectivity index is 1.69. The number of nitrogens with one attached hydrogen (secondary N) is 1. The summed E-state index contributed by atoms with van der Waals surface area (Å²) in [5.41, 5.74) is 3.43. The minimum absolute atomic E-state index is 0.0516. The normalized spacial score (nSPS) is 17.0. The molecule has 1 aliphatic heterocycles. The first-order chi connectivity index (χ1) is 13.5. The second-order valence-electron chi connectivity index (χ2n) is 7.76. The molecule has 0 aliphatic carbocycles. The van der Waals surface area contributed by atoms with E-state index >= 15 is 0 Å². The minimum Gasteiger partial charge on any atom is -0.480 e. The second-order valence-corrected chi connectivity index (χ2v) is 7.76. The van der Waals surface area contributed by atoms with Gasteiger partial charge in [0.1, 0.15) is 5.75 Å². The zero-order valence-corrected chi connectivity index (χ0v) is 17.2. The molecule has 0 unspecified atom stereocenters. The van der Waals surface area contributed by atoms with Crippen LogP contribution in [0.5, 0.6) is 5.75 Å². The van der Waals surface area contributed by atoms with E-state index in [-0.39, 0.29) is 11.3 Å². The van der Waals surface area contributed by atoms with Crippen molar-refractivity contribution in [3.8, 4) is 5.75 Å². The highest BCUT2D eigenvalue weighted by molar-refractivity contribution is 5.81. The Bertz CT molecular complexity index is 782. The zero-order valence-electron chi connectivity index (χ0n) is 17.2. The van der Waals surface area contributed by atoms with Crippen molar-refractivity contribution in [2.24, 2.45) is 0 Å². The number of hydrogen-bond acceptors (Lipinski definition) is 3. The molecule has 0 radical (unpaired) electrons. The van der Waals surface area contributed by atoms with Crippen molar-refractivity contribution in [3.05, 3.63) is 65.2 Å². The third-order valence-corrected chi connectivity index (χ3v) is 5.70. The van der Waals surface area contributed by atoms with Gasteiger partial charge in [-0.1, -0.05) is 55.0 Å². The highest BCUT2D eigenvalue weighted by Gasteiger charge is 2.35. The minimum atomic E-state index is -0.492. The van der Waals surface area contributed by atoms with Crippen LogP contribution >= 0.6 is 0 Å². The van der Waals surface area contributed by atoms with Gasteiger partial charge >= 0.3 is 0 Å². The lowest BCUT2D eigenvalue weighted by Crippen LogP contribution is -2.48. The first-order valence-corrected chi connectivity index (χ1v) is 10.2. The average molecular weight is 382 g/mol. The molecule has 2 aromatic carbocycles. The lowest BCUT2D eigenvalue weighted by atomic mass is 9.74. The molecule has 150 valence electrons. The van der Waals surface area contributed by atoms with Crippen LogP contribution in [-0.4, -0.2) is 31.8 Å². The first kappa shape index (κ1) is 20.4. The quantitative estimate of drug-likeness (QED) is 0.777. The summed E-state index contributed by atoms with van der Waals surface area (Å²) in [4.78, 5) is 12.9. The van der Waals surface area contributed by atoms with E-state index in [0.29, 0.717) is 13.0 Å². The van der Waals surface area contributed by atoms with Crippen LogP contribution in [0.25, 0.3) is 0 Å². The van der Waals surface area contributed by atoms with Crippen LogP contribution in [0.15, 0.2) is 48.5 Å². The van der Waals surface area contributed by atoms with Gasteiger partial charge in [-0.2, -0.15) is 0 Å². The van der Waals surface area contributed by atoms with Gasteiger partial charge in [0.25, 0.3) is 5.91 Å². The molecule has 4 nitrogen and oxygen atoms in total. The van der Waals surface area contributed by atoms with Crippen LogP contribution in [0.2, 0.25) is 0 Å². The molecule has 1 saturated heterocycles. The summed E-state index contributed by atoms with van der Waals surface area (Å²) in [6.45, 7) is 8.10. The number of amides is 1. The van der Waals surface area contributed by atoms with E-state index in [0.717, 1.165) is 37.4 Å². The lowest BCUT2D eigenvalue weighted by Gasteiger charge is -2.38. The van der Waals surface area contributed by atoms with E-state index in [1.54, 1.807) is 0 Å². The van der Waals surface area contributed by atoms with E-state index in [1.807, 2.05) is 32.0 Å². The van der Waals surface area contributed by atoms with Gasteiger partial charge in [0, 0.05) is 25.2 Å². The summed E-state index contributed by atoms with van der Waals surface area (Å²) in [6.07, 6.45) is 1.95. The van der Waals surface area contributed by atoms with Crippen molar-refractivity contribution in [1.29, 1.82) is 0 Å². The molecule has 0 spiro atoms. The van der Waals surface area contributed by atoms with Gasteiger partial charge < -0.3 is 14.8 Å². The van der Waals surface area contributed by atoms with Gasteiger partial charge in [0.15, 0.2) is 6.10 Å². The van der Waals surface area contributed by atoms with E-state index < -0.39 is 6.10 Å². The summed E-state index contributed by atoms with van der Waals surface area (Å²) < 4.78 is 11.6. The summed E-state index contributed by atoms with van der Waals surface area (Å²) in [5, 5.41) is 3.17. The smallest absolute Gasteiger partial charge is 0.261 e. The summed E-state index contributed by atoms with van der Waals surface area (Å²) in [6, 6.07) is 16.5. The maximum atomic E-state index is 12.9. The van der Waals surface area contributed by atoms with E-state index in [4.69, 9.17) is 9.47 Å². The van der Waals surface area contributed by atoms with E-state index in [2.05, 4.69) is 42.6 Å². The Morgan fingerprint density at radius 3 is 2.50 bits per heavy atom. The fraction of sp³-hybridized carbons (Fsp3) is 0.458. The summed E-state index contributed by atoms with van der Waals surface area (Å²) >= 11 is 0. The molecule has 1 atom stereocenters. The summed E-state index contributed by atoms with van der Waals surface area (Å²) in [7, 11) is 0. The number of ether oxygens (including phenoxy) is 2. The maximum absolute atomic E-state index is 12.9. The van der Waals surface area contributed by atoms with Crippen LogP contribution < -0.4 is 10.1 Å². The van der Waals surface area contributed by atoms with Crippen molar-refractivity contribution in [3.63, 3.8) is 0 Å². The predicted molar refractivity (Wildman–Crippen MR) is 112 cm³/mol. The fourth-order valence-electron chi connectivity index (χ4n) is 3.90. The van der Waals surface area contributed by atoms with Gasteiger partial charge in [-0.3, -0.25) is 4.79 Å². The third-order valence-electron chi connectivity index (χ3n) is 5.70. The largest absolute Gasteiger partial charge is 0.480 e. The molecule has 1 fully saturated rings. The molecule has 1 N–H and O–H groups in total. The highest BCUT2D eigenvalue weighted by Crippen LogP contribution is 2.34. The van der Waals surface area contributed by atoms with Gasteiger partial charge in [0.2, 0.25) is 0 Å². The van der Waals surface area contributed by atoms with Gasteiger partial charge in [0.05, 0.1) is 0 Å². The molecule has 2 aromatic rings. The molecule has 0 saturated carbocycles. The second kappa shape index (κ2) is 9.24. The molecule has 1 heterocycles. The Hall–Kier alpha value is -2.33. The standard InChI is InChI=1S/C24H31NO3/c1-4-21(28-22-11-10-18(2)16-19(22)3)23(26)25-17-24(12-14-27-15-13-24)20-8-6-5-7-9-20/h5-11,16,21H,4,12-15,17H2,1-3H3,(H,25,26)/t21-/m1/s1. The van der Waals surface area contributed by atoms with Crippen molar-refractivity contribution in [2.75, 3.05) is 19.8 Å². The Kier molecular flexibility index (Phi) is 6.74. The molecular weight excluding hydrogens is 350 g/mol. The van der Waals surface area contributed by atoms with E-state index in [9.17, 15) is 4.79 Å². The van der Waals surface area contributed by atoms with Crippen LogP contribution in [-0.2, 0) is 14.9 Å². The Labute approximate surface area is 168 Å². The third kappa shape index (κ3) is 4.74. The molecule has 4 heteroatoms. The molecule has 1 amide bonds. The van der Waals surface area contributed by atoms with Crippen molar-refractivity contribution in [2.45, 2.75) is 51.6 Å². The van der Waals surface area contributed by atoms with Crippen molar-refractivity contribution >= 4 is 5.91 Å². The SMILES string of the molecule is CC[C@@H](Oc1ccc(C)cc1C)C(=O)NCC1(c2ccccc2)CCOCC1. The number of carbonyl (C=O) groups excluding carboxylic acids is 1. The molecule has 3 rings (SSSR count). The Morgan fingerprint density at radius 2 is 1.86 bits per heavy atom. The molecular formula is C24H31NO3. The number of rotatable bonds is 7. The Morgan fingerprint density at radius 1 is 1.14 bits per heavy atom. The summed E-state index contributed by atoms with van der Waals surface area (Å²) in [5.74, 6) is 0.723.